The number of hydrogen-bond donors (Lipinski definition) is 3. The van der Waals surface area contributed by atoms with Crippen LogP contribution in [0.4, 0.5) is 4.79 Å². The van der Waals surface area contributed by atoms with Gasteiger partial charge in [0.2, 0.25) is 5.91 Å². The van der Waals surface area contributed by atoms with E-state index < -0.39 is 18.2 Å². The summed E-state index contributed by atoms with van der Waals surface area (Å²) in [7, 11) is 0. The fraction of sp³-hybridized carbons (Fsp3) is 0.889. The van der Waals surface area contributed by atoms with Gasteiger partial charge < -0.3 is 25.8 Å². The van der Waals surface area contributed by atoms with Crippen molar-refractivity contribution in [3.63, 3.8) is 0 Å². The number of nitrogens with zero attached hydrogens (tertiary/aromatic N) is 1. The molecule has 0 aromatic carbocycles. The van der Waals surface area contributed by atoms with Crippen LogP contribution in [0.25, 0.3) is 0 Å². The first-order valence-electron chi connectivity index (χ1n) is 9.58. The summed E-state index contributed by atoms with van der Waals surface area (Å²) in [6, 6.07) is -1.50. The zero-order valence-electron chi connectivity index (χ0n) is 15.3. The molecule has 7 heteroatoms. The van der Waals surface area contributed by atoms with E-state index in [1.54, 1.807) is 4.90 Å². The first kappa shape index (κ1) is 20.0. The smallest absolute Gasteiger partial charge is 0.312 e. The highest BCUT2D eigenvalue weighted by Crippen LogP contribution is 2.24. The minimum atomic E-state index is -0.779. The molecule has 3 atom stereocenters. The SMILES string of the molecule is CC(OCC1CCCCC1)C(NC(N)=O)C(=O)N1CCCC(CO)C1. The molecule has 25 heavy (non-hydrogen) atoms. The third kappa shape index (κ3) is 6.15. The second-order valence-electron chi connectivity index (χ2n) is 7.50. The molecule has 0 aromatic heterocycles. The topological polar surface area (TPSA) is 105 Å². The average Bonchev–Trinajstić information content (AvgIpc) is 2.64. The lowest BCUT2D eigenvalue weighted by Gasteiger charge is -2.36. The van der Waals surface area contributed by atoms with E-state index in [1.807, 2.05) is 6.92 Å². The Balaban J connectivity index is 1.93. The van der Waals surface area contributed by atoms with Crippen LogP contribution < -0.4 is 11.1 Å². The first-order chi connectivity index (χ1) is 12.0. The van der Waals surface area contributed by atoms with Gasteiger partial charge in [-0.15, -0.1) is 0 Å². The van der Waals surface area contributed by atoms with E-state index in [0.717, 1.165) is 12.8 Å². The van der Waals surface area contributed by atoms with E-state index in [0.29, 0.717) is 25.6 Å². The summed E-state index contributed by atoms with van der Waals surface area (Å²) < 4.78 is 5.94. The van der Waals surface area contributed by atoms with Crippen LogP contribution >= 0.6 is 0 Å². The first-order valence-corrected chi connectivity index (χ1v) is 9.58. The summed E-state index contributed by atoms with van der Waals surface area (Å²) in [6.07, 6.45) is 7.44. The number of urea groups is 1. The van der Waals surface area contributed by atoms with Gasteiger partial charge in [0.05, 0.1) is 6.10 Å². The van der Waals surface area contributed by atoms with Crippen LogP contribution in [0.2, 0.25) is 0 Å². The molecule has 2 fully saturated rings. The number of hydrogen-bond acceptors (Lipinski definition) is 4. The molecular formula is C18H33N3O4. The van der Waals surface area contributed by atoms with Crippen molar-refractivity contribution in [1.82, 2.24) is 10.2 Å². The minimum absolute atomic E-state index is 0.0748. The number of ether oxygens (including phenoxy) is 1. The summed E-state index contributed by atoms with van der Waals surface area (Å²) in [5.74, 6) is 0.466. The zero-order valence-corrected chi connectivity index (χ0v) is 15.3. The molecule has 0 radical (unpaired) electrons. The van der Waals surface area contributed by atoms with Gasteiger partial charge in [0.15, 0.2) is 0 Å². The van der Waals surface area contributed by atoms with Gasteiger partial charge in [0, 0.05) is 26.3 Å². The number of likely N-dealkylation sites (tertiary alicyclic amines) is 1. The van der Waals surface area contributed by atoms with E-state index >= 15 is 0 Å². The molecule has 1 saturated heterocycles. The molecule has 1 heterocycles. The normalized spacial score (nSPS) is 24.6. The Morgan fingerprint density at radius 2 is 1.88 bits per heavy atom. The molecule has 1 aliphatic carbocycles. The number of primary amides is 1. The van der Waals surface area contributed by atoms with E-state index in [-0.39, 0.29) is 18.4 Å². The zero-order chi connectivity index (χ0) is 18.2. The van der Waals surface area contributed by atoms with Crippen LogP contribution in [-0.2, 0) is 9.53 Å². The maximum absolute atomic E-state index is 12.9. The number of piperidine rings is 1. The highest BCUT2D eigenvalue weighted by Gasteiger charge is 2.33. The number of aliphatic hydroxyl groups excluding tert-OH is 1. The summed E-state index contributed by atoms with van der Waals surface area (Å²) in [5, 5.41) is 11.9. The minimum Gasteiger partial charge on any atom is -0.396 e. The molecule has 3 unspecified atom stereocenters. The van der Waals surface area contributed by atoms with E-state index in [9.17, 15) is 14.7 Å². The molecule has 0 aromatic rings. The van der Waals surface area contributed by atoms with Gasteiger partial charge in [-0.1, -0.05) is 19.3 Å². The summed E-state index contributed by atoms with van der Waals surface area (Å²) in [4.78, 5) is 26.0. The lowest BCUT2D eigenvalue weighted by atomic mass is 9.90. The van der Waals surface area contributed by atoms with Gasteiger partial charge in [-0.3, -0.25) is 4.79 Å². The Bertz CT molecular complexity index is 440. The number of aliphatic hydroxyl groups is 1. The molecule has 0 spiro atoms. The molecule has 1 aliphatic heterocycles. The Morgan fingerprint density at radius 1 is 1.20 bits per heavy atom. The van der Waals surface area contributed by atoms with Crippen molar-refractivity contribution >= 4 is 11.9 Å². The van der Waals surface area contributed by atoms with Gasteiger partial charge in [-0.25, -0.2) is 4.79 Å². The van der Waals surface area contributed by atoms with Gasteiger partial charge in [0.1, 0.15) is 6.04 Å². The third-order valence-electron chi connectivity index (χ3n) is 5.44. The summed E-state index contributed by atoms with van der Waals surface area (Å²) >= 11 is 0. The van der Waals surface area contributed by atoms with Crippen LogP contribution in [0.5, 0.6) is 0 Å². The Kier molecular flexibility index (Phi) is 7.96. The van der Waals surface area contributed by atoms with Gasteiger partial charge in [-0.2, -0.15) is 0 Å². The number of carbonyl (C=O) groups is 2. The Hall–Kier alpha value is -1.34. The molecule has 144 valence electrons. The molecule has 3 amide bonds. The van der Waals surface area contributed by atoms with Crippen molar-refractivity contribution in [1.29, 1.82) is 0 Å². The molecular weight excluding hydrogens is 322 g/mol. The molecule has 7 nitrogen and oxygen atoms in total. The quantitative estimate of drug-likeness (QED) is 0.639. The predicted molar refractivity (Wildman–Crippen MR) is 94.9 cm³/mol. The number of nitrogens with one attached hydrogen (secondary N) is 1. The molecule has 2 rings (SSSR count). The lowest BCUT2D eigenvalue weighted by Crippen LogP contribution is -2.57. The highest BCUT2D eigenvalue weighted by molar-refractivity contribution is 5.87. The number of carbonyl (C=O) groups excluding carboxylic acids is 2. The second kappa shape index (κ2) is 9.97. The molecule has 4 N–H and O–H groups in total. The van der Waals surface area contributed by atoms with Crippen LogP contribution in [0.15, 0.2) is 0 Å². The van der Waals surface area contributed by atoms with Crippen molar-refractivity contribution in [3.8, 4) is 0 Å². The van der Waals surface area contributed by atoms with Crippen molar-refractivity contribution < 1.29 is 19.4 Å². The summed E-state index contributed by atoms with van der Waals surface area (Å²) in [5.41, 5.74) is 5.27. The number of nitrogens with two attached hydrogens (primary N) is 1. The Morgan fingerprint density at radius 3 is 2.52 bits per heavy atom. The van der Waals surface area contributed by atoms with E-state index in [1.165, 1.54) is 32.1 Å². The van der Waals surface area contributed by atoms with Gasteiger partial charge in [0.25, 0.3) is 0 Å². The average molecular weight is 355 g/mol. The maximum Gasteiger partial charge on any atom is 0.312 e. The van der Waals surface area contributed by atoms with Crippen molar-refractivity contribution in [2.24, 2.45) is 17.6 Å². The third-order valence-corrected chi connectivity index (χ3v) is 5.44. The lowest BCUT2D eigenvalue weighted by molar-refractivity contribution is -0.139. The van der Waals surface area contributed by atoms with E-state index in [2.05, 4.69) is 5.32 Å². The molecule has 2 aliphatic rings. The fourth-order valence-corrected chi connectivity index (χ4v) is 3.88. The van der Waals surface area contributed by atoms with Crippen molar-refractivity contribution in [2.45, 2.75) is 64.0 Å². The maximum atomic E-state index is 12.9. The van der Waals surface area contributed by atoms with Crippen molar-refractivity contribution in [3.05, 3.63) is 0 Å². The fourth-order valence-electron chi connectivity index (χ4n) is 3.88. The highest BCUT2D eigenvalue weighted by atomic mass is 16.5. The van der Waals surface area contributed by atoms with Gasteiger partial charge >= 0.3 is 6.03 Å². The Labute approximate surface area is 150 Å². The van der Waals surface area contributed by atoms with Crippen LogP contribution in [0.1, 0.15) is 51.9 Å². The predicted octanol–water partition coefficient (Wildman–Crippen LogP) is 1.24. The van der Waals surface area contributed by atoms with Crippen LogP contribution in [0.3, 0.4) is 0 Å². The van der Waals surface area contributed by atoms with E-state index in [4.69, 9.17) is 10.5 Å². The number of amides is 3. The molecule has 1 saturated carbocycles. The monoisotopic (exact) mass is 355 g/mol. The van der Waals surface area contributed by atoms with Crippen LogP contribution in [-0.4, -0.2) is 60.4 Å². The van der Waals surface area contributed by atoms with Crippen molar-refractivity contribution in [2.75, 3.05) is 26.3 Å². The molecule has 0 bridgehead atoms. The van der Waals surface area contributed by atoms with Gasteiger partial charge in [-0.05, 0) is 44.4 Å². The standard InChI is InChI=1S/C18H33N3O4/c1-13(25-12-14-6-3-2-4-7-14)16(20-18(19)24)17(23)21-9-5-8-15(10-21)11-22/h13-16,22H,2-12H2,1H3,(H3,19,20,24). The van der Waals surface area contributed by atoms with Crippen LogP contribution in [0, 0.1) is 11.8 Å². The largest absolute Gasteiger partial charge is 0.396 e. The summed E-state index contributed by atoms with van der Waals surface area (Å²) in [6.45, 7) is 3.66. The second-order valence-corrected chi connectivity index (χ2v) is 7.50. The number of rotatable bonds is 7.